The molecule has 2 heterocycles. The molecule has 4 heteroatoms. The van der Waals surface area contributed by atoms with Crippen molar-refractivity contribution < 1.29 is 9.53 Å². The van der Waals surface area contributed by atoms with E-state index in [1.807, 2.05) is 48.7 Å². The number of Topliss-reactive ketones (excluding diaryl/α,β-unsaturated/α-hetero) is 1. The second kappa shape index (κ2) is 7.38. The molecular formula is C19H22N2O2. The van der Waals surface area contributed by atoms with Crippen molar-refractivity contribution in [1.29, 1.82) is 0 Å². The van der Waals surface area contributed by atoms with E-state index in [2.05, 4.69) is 9.88 Å². The van der Waals surface area contributed by atoms with E-state index in [4.69, 9.17) is 4.74 Å². The number of ether oxygens (including phenoxy) is 1. The Labute approximate surface area is 137 Å². The number of aromatic nitrogens is 1. The standard InChI is InChI=1S/C19H22N2O2/c1-23-18-9-4-6-15(12-18)19(22)16-7-5-11-21(13-16)14-17-8-2-3-10-20-17/h2-4,6,8-10,12,16H,5,7,11,13-14H2,1H3/t16-/m0/s1. The fraction of sp³-hybridized carbons (Fsp3) is 0.368. The molecule has 4 nitrogen and oxygen atoms in total. The van der Waals surface area contributed by atoms with Gasteiger partial charge in [0.1, 0.15) is 5.75 Å². The van der Waals surface area contributed by atoms with E-state index in [1.165, 1.54) is 0 Å². The van der Waals surface area contributed by atoms with Crippen molar-refractivity contribution in [3.8, 4) is 5.75 Å². The van der Waals surface area contributed by atoms with E-state index in [1.54, 1.807) is 7.11 Å². The van der Waals surface area contributed by atoms with Gasteiger partial charge in [0.05, 0.1) is 12.8 Å². The summed E-state index contributed by atoms with van der Waals surface area (Å²) in [5, 5.41) is 0. The molecule has 0 amide bonds. The number of rotatable bonds is 5. The van der Waals surface area contributed by atoms with E-state index >= 15 is 0 Å². The van der Waals surface area contributed by atoms with Gasteiger partial charge in [0.2, 0.25) is 0 Å². The maximum absolute atomic E-state index is 12.8. The molecule has 1 aromatic carbocycles. The summed E-state index contributed by atoms with van der Waals surface area (Å²) in [5.74, 6) is 1.01. The van der Waals surface area contributed by atoms with E-state index < -0.39 is 0 Å². The third kappa shape index (κ3) is 3.96. The molecule has 0 aliphatic carbocycles. The first kappa shape index (κ1) is 15.7. The van der Waals surface area contributed by atoms with Crippen molar-refractivity contribution in [2.75, 3.05) is 20.2 Å². The molecular weight excluding hydrogens is 288 g/mol. The van der Waals surface area contributed by atoms with Gasteiger partial charge in [0.15, 0.2) is 5.78 Å². The number of piperidine rings is 1. The van der Waals surface area contributed by atoms with Gasteiger partial charge in [-0.15, -0.1) is 0 Å². The highest BCUT2D eigenvalue weighted by Crippen LogP contribution is 2.23. The second-order valence-electron chi connectivity index (χ2n) is 5.99. The largest absolute Gasteiger partial charge is 0.497 e. The van der Waals surface area contributed by atoms with Gasteiger partial charge in [-0.3, -0.25) is 14.7 Å². The molecule has 3 rings (SSSR count). The molecule has 120 valence electrons. The van der Waals surface area contributed by atoms with Crippen LogP contribution < -0.4 is 4.74 Å². The zero-order valence-electron chi connectivity index (χ0n) is 13.4. The predicted molar refractivity (Wildman–Crippen MR) is 89.6 cm³/mol. The summed E-state index contributed by atoms with van der Waals surface area (Å²) in [4.78, 5) is 19.5. The smallest absolute Gasteiger partial charge is 0.167 e. The van der Waals surface area contributed by atoms with E-state index in [9.17, 15) is 4.79 Å². The molecule has 0 N–H and O–H groups in total. The van der Waals surface area contributed by atoms with Crippen molar-refractivity contribution in [2.24, 2.45) is 5.92 Å². The summed E-state index contributed by atoms with van der Waals surface area (Å²) in [6, 6.07) is 13.4. The number of benzene rings is 1. The molecule has 0 bridgehead atoms. The number of methoxy groups -OCH3 is 1. The van der Waals surface area contributed by atoms with Crippen LogP contribution in [-0.2, 0) is 6.54 Å². The first-order valence-corrected chi connectivity index (χ1v) is 8.07. The first-order valence-electron chi connectivity index (χ1n) is 8.07. The molecule has 23 heavy (non-hydrogen) atoms. The van der Waals surface area contributed by atoms with Crippen LogP contribution in [0.1, 0.15) is 28.9 Å². The Morgan fingerprint density at radius 3 is 3.00 bits per heavy atom. The highest BCUT2D eigenvalue weighted by atomic mass is 16.5. The lowest BCUT2D eigenvalue weighted by Crippen LogP contribution is -2.38. The van der Waals surface area contributed by atoms with Crippen LogP contribution in [0, 0.1) is 5.92 Å². The highest BCUT2D eigenvalue weighted by molar-refractivity contribution is 5.98. The van der Waals surface area contributed by atoms with Gasteiger partial charge >= 0.3 is 0 Å². The van der Waals surface area contributed by atoms with Crippen LogP contribution in [-0.4, -0.2) is 35.9 Å². The molecule has 1 fully saturated rings. The lowest BCUT2D eigenvalue weighted by atomic mass is 9.90. The predicted octanol–water partition coefficient (Wildman–Crippen LogP) is 3.19. The molecule has 0 unspecified atom stereocenters. The van der Waals surface area contributed by atoms with Crippen LogP contribution in [0.25, 0.3) is 0 Å². The van der Waals surface area contributed by atoms with Gasteiger partial charge in [-0.25, -0.2) is 0 Å². The Bertz CT molecular complexity index is 657. The number of pyridine rings is 1. The Kier molecular flexibility index (Phi) is 5.03. The van der Waals surface area contributed by atoms with Crippen LogP contribution in [0.4, 0.5) is 0 Å². The summed E-state index contributed by atoms with van der Waals surface area (Å²) in [7, 11) is 1.62. The first-order chi connectivity index (χ1) is 11.3. The van der Waals surface area contributed by atoms with Crippen LogP contribution >= 0.6 is 0 Å². The Hall–Kier alpha value is -2.20. The normalized spacial score (nSPS) is 18.6. The Morgan fingerprint density at radius 2 is 2.22 bits per heavy atom. The maximum atomic E-state index is 12.8. The molecule has 2 aromatic rings. The van der Waals surface area contributed by atoms with Crippen LogP contribution in [0.15, 0.2) is 48.7 Å². The molecule has 1 aliphatic rings. The lowest BCUT2D eigenvalue weighted by Gasteiger charge is -2.31. The van der Waals surface area contributed by atoms with Crippen molar-refractivity contribution in [3.05, 3.63) is 59.9 Å². The van der Waals surface area contributed by atoms with E-state index in [-0.39, 0.29) is 11.7 Å². The minimum atomic E-state index is 0.0552. The van der Waals surface area contributed by atoms with Gasteiger partial charge in [-0.2, -0.15) is 0 Å². The monoisotopic (exact) mass is 310 g/mol. The van der Waals surface area contributed by atoms with Gasteiger partial charge in [-0.1, -0.05) is 18.2 Å². The SMILES string of the molecule is COc1cccc(C(=O)[C@H]2CCCN(Cc3ccccn3)C2)c1. The van der Waals surface area contributed by atoms with E-state index in [0.29, 0.717) is 0 Å². The minimum absolute atomic E-state index is 0.0552. The van der Waals surface area contributed by atoms with Crippen molar-refractivity contribution in [2.45, 2.75) is 19.4 Å². The lowest BCUT2D eigenvalue weighted by molar-refractivity contribution is 0.0810. The van der Waals surface area contributed by atoms with Crippen molar-refractivity contribution in [1.82, 2.24) is 9.88 Å². The van der Waals surface area contributed by atoms with Gasteiger partial charge in [-0.05, 0) is 43.7 Å². The molecule has 0 spiro atoms. The fourth-order valence-electron chi connectivity index (χ4n) is 3.15. The number of likely N-dealkylation sites (tertiary alicyclic amines) is 1. The average Bonchev–Trinajstić information content (AvgIpc) is 2.62. The molecule has 1 aromatic heterocycles. The van der Waals surface area contributed by atoms with Crippen molar-refractivity contribution in [3.63, 3.8) is 0 Å². The van der Waals surface area contributed by atoms with Crippen LogP contribution in [0.2, 0.25) is 0 Å². The van der Waals surface area contributed by atoms with Crippen molar-refractivity contribution >= 4 is 5.78 Å². The molecule has 1 atom stereocenters. The molecule has 0 radical (unpaired) electrons. The quantitative estimate of drug-likeness (QED) is 0.796. The third-order valence-corrected chi connectivity index (χ3v) is 4.34. The zero-order chi connectivity index (χ0) is 16.1. The van der Waals surface area contributed by atoms with Crippen LogP contribution in [0.5, 0.6) is 5.75 Å². The topological polar surface area (TPSA) is 42.4 Å². The van der Waals surface area contributed by atoms with Gasteiger partial charge < -0.3 is 4.74 Å². The number of nitrogens with zero attached hydrogens (tertiary/aromatic N) is 2. The molecule has 1 saturated heterocycles. The third-order valence-electron chi connectivity index (χ3n) is 4.34. The number of carbonyl (C=O) groups excluding carboxylic acids is 1. The zero-order valence-corrected chi connectivity index (χ0v) is 13.4. The minimum Gasteiger partial charge on any atom is -0.497 e. The number of hydrogen-bond donors (Lipinski definition) is 0. The number of carbonyl (C=O) groups is 1. The molecule has 0 saturated carbocycles. The summed E-state index contributed by atoms with van der Waals surface area (Å²) >= 11 is 0. The maximum Gasteiger partial charge on any atom is 0.167 e. The average molecular weight is 310 g/mol. The summed E-state index contributed by atoms with van der Waals surface area (Å²) < 4.78 is 5.22. The van der Waals surface area contributed by atoms with Gasteiger partial charge in [0, 0.05) is 30.8 Å². The second-order valence-corrected chi connectivity index (χ2v) is 5.99. The number of ketones is 1. The summed E-state index contributed by atoms with van der Waals surface area (Å²) in [6.07, 6.45) is 3.82. The number of hydrogen-bond acceptors (Lipinski definition) is 4. The Morgan fingerprint density at radius 1 is 1.30 bits per heavy atom. The summed E-state index contributed by atoms with van der Waals surface area (Å²) in [5.41, 5.74) is 1.80. The van der Waals surface area contributed by atoms with E-state index in [0.717, 1.165) is 49.5 Å². The Balaban J connectivity index is 1.66. The summed E-state index contributed by atoms with van der Waals surface area (Å²) in [6.45, 7) is 2.63. The highest BCUT2D eigenvalue weighted by Gasteiger charge is 2.26. The molecule has 1 aliphatic heterocycles. The fourth-order valence-corrected chi connectivity index (χ4v) is 3.15. The van der Waals surface area contributed by atoms with Gasteiger partial charge in [0.25, 0.3) is 0 Å². The van der Waals surface area contributed by atoms with Crippen LogP contribution in [0.3, 0.4) is 0 Å².